The summed E-state index contributed by atoms with van der Waals surface area (Å²) in [6, 6.07) is 13.1. The van der Waals surface area contributed by atoms with Crippen LogP contribution in [0.1, 0.15) is 36.2 Å². The summed E-state index contributed by atoms with van der Waals surface area (Å²) in [5, 5.41) is 0.602. The second-order valence-electron chi connectivity index (χ2n) is 6.21. The molecular weight excluding hydrogens is 372 g/mol. The predicted octanol–water partition coefficient (Wildman–Crippen LogP) is 3.69. The largest absolute Gasteiger partial charge is 0.337 e. The number of rotatable bonds is 7. The summed E-state index contributed by atoms with van der Waals surface area (Å²) in [5.74, 6) is -0.205. The van der Waals surface area contributed by atoms with Crippen molar-refractivity contribution in [2.24, 2.45) is 0 Å². The first-order valence-electron chi connectivity index (χ1n) is 8.36. The molecule has 0 saturated heterocycles. The lowest BCUT2D eigenvalue weighted by molar-refractivity contribution is 0.0785. The van der Waals surface area contributed by atoms with Gasteiger partial charge >= 0.3 is 0 Å². The van der Waals surface area contributed by atoms with Crippen LogP contribution in [0.25, 0.3) is 0 Å². The second kappa shape index (κ2) is 8.66. The quantitative estimate of drug-likeness (QED) is 0.778. The monoisotopic (exact) mass is 394 g/mol. The molecule has 140 valence electrons. The van der Waals surface area contributed by atoms with Gasteiger partial charge in [0.2, 0.25) is 10.0 Å². The van der Waals surface area contributed by atoms with Crippen molar-refractivity contribution in [2.45, 2.75) is 37.8 Å². The molecule has 0 saturated carbocycles. The highest BCUT2D eigenvalue weighted by Gasteiger charge is 2.18. The zero-order valence-corrected chi connectivity index (χ0v) is 16.6. The Hall–Kier alpha value is -1.89. The molecule has 0 radical (unpaired) electrons. The van der Waals surface area contributed by atoms with Crippen LogP contribution >= 0.6 is 11.6 Å². The standard InChI is InChI=1S/C19H23ClN2O3S/c1-4-14(2)21-26(24,25)17-11-9-15(10-12-17)19(23)22(3)13-16-7-5-6-8-18(16)20/h5-12,14,21H,4,13H2,1-3H3. The number of carbonyl (C=O) groups excluding carboxylic acids is 1. The molecule has 2 aromatic carbocycles. The molecule has 5 nitrogen and oxygen atoms in total. The van der Waals surface area contributed by atoms with Gasteiger partial charge in [0, 0.05) is 30.2 Å². The van der Waals surface area contributed by atoms with E-state index >= 15 is 0 Å². The topological polar surface area (TPSA) is 66.5 Å². The van der Waals surface area contributed by atoms with Crippen LogP contribution in [0.15, 0.2) is 53.4 Å². The number of nitrogens with zero attached hydrogens (tertiary/aromatic N) is 1. The summed E-state index contributed by atoms with van der Waals surface area (Å²) < 4.78 is 27.1. The number of halogens is 1. The van der Waals surface area contributed by atoms with Crippen LogP contribution in [0.3, 0.4) is 0 Å². The highest BCUT2D eigenvalue weighted by Crippen LogP contribution is 2.18. The number of nitrogens with one attached hydrogen (secondary N) is 1. The molecule has 1 N–H and O–H groups in total. The fraction of sp³-hybridized carbons (Fsp3) is 0.316. The van der Waals surface area contributed by atoms with E-state index < -0.39 is 10.0 Å². The van der Waals surface area contributed by atoms with Crippen LogP contribution in [0, 0.1) is 0 Å². The average molecular weight is 395 g/mol. The van der Waals surface area contributed by atoms with Crippen molar-refractivity contribution in [1.29, 1.82) is 0 Å². The van der Waals surface area contributed by atoms with Gasteiger partial charge in [-0.25, -0.2) is 13.1 Å². The predicted molar refractivity (Wildman–Crippen MR) is 104 cm³/mol. The summed E-state index contributed by atoms with van der Waals surface area (Å²) in [7, 11) is -1.90. The van der Waals surface area contributed by atoms with Crippen LogP contribution in [0.2, 0.25) is 5.02 Å². The first-order chi connectivity index (χ1) is 12.2. The third kappa shape index (κ3) is 5.06. The molecule has 1 unspecified atom stereocenters. The summed E-state index contributed by atoms with van der Waals surface area (Å²) in [4.78, 5) is 14.2. The molecule has 0 aliphatic heterocycles. The van der Waals surface area contributed by atoms with Gasteiger partial charge in [0.25, 0.3) is 5.91 Å². The summed E-state index contributed by atoms with van der Waals surface area (Å²) in [5.41, 5.74) is 1.27. The van der Waals surface area contributed by atoms with Gasteiger partial charge in [0.1, 0.15) is 0 Å². The maximum absolute atomic E-state index is 12.6. The van der Waals surface area contributed by atoms with Crippen molar-refractivity contribution in [3.8, 4) is 0 Å². The third-order valence-corrected chi connectivity index (χ3v) is 6.07. The van der Waals surface area contributed by atoms with Crippen molar-refractivity contribution >= 4 is 27.5 Å². The van der Waals surface area contributed by atoms with Gasteiger partial charge < -0.3 is 4.90 Å². The van der Waals surface area contributed by atoms with E-state index in [1.54, 1.807) is 24.9 Å². The highest BCUT2D eigenvalue weighted by atomic mass is 35.5. The molecule has 2 rings (SSSR count). The fourth-order valence-corrected chi connectivity index (χ4v) is 3.89. The van der Waals surface area contributed by atoms with Crippen LogP contribution in [0.5, 0.6) is 0 Å². The molecule has 0 aliphatic carbocycles. The zero-order chi connectivity index (χ0) is 19.3. The molecule has 1 amide bonds. The fourth-order valence-electron chi connectivity index (χ4n) is 2.37. The van der Waals surface area contributed by atoms with E-state index in [1.807, 2.05) is 25.1 Å². The van der Waals surface area contributed by atoms with E-state index in [0.717, 1.165) is 5.56 Å². The minimum Gasteiger partial charge on any atom is -0.337 e. The molecule has 26 heavy (non-hydrogen) atoms. The molecule has 0 spiro atoms. The minimum atomic E-state index is -3.58. The Morgan fingerprint density at radius 1 is 1.15 bits per heavy atom. The van der Waals surface area contributed by atoms with E-state index in [2.05, 4.69) is 4.72 Å². The SMILES string of the molecule is CCC(C)NS(=O)(=O)c1ccc(C(=O)N(C)Cc2ccccc2Cl)cc1. The van der Waals surface area contributed by atoms with Crippen LogP contribution < -0.4 is 4.72 Å². The smallest absolute Gasteiger partial charge is 0.253 e. The highest BCUT2D eigenvalue weighted by molar-refractivity contribution is 7.89. The van der Waals surface area contributed by atoms with E-state index in [9.17, 15) is 13.2 Å². The van der Waals surface area contributed by atoms with Crippen LogP contribution in [-0.2, 0) is 16.6 Å². The van der Waals surface area contributed by atoms with Crippen molar-refractivity contribution in [1.82, 2.24) is 9.62 Å². The van der Waals surface area contributed by atoms with Crippen LogP contribution in [0.4, 0.5) is 0 Å². The molecule has 2 aromatic rings. The van der Waals surface area contributed by atoms with Gasteiger partial charge in [-0.3, -0.25) is 4.79 Å². The number of carbonyl (C=O) groups is 1. The van der Waals surface area contributed by atoms with E-state index in [1.165, 1.54) is 24.3 Å². The van der Waals surface area contributed by atoms with E-state index in [4.69, 9.17) is 11.6 Å². The first-order valence-corrected chi connectivity index (χ1v) is 10.2. The molecule has 0 fully saturated rings. The Morgan fingerprint density at radius 3 is 2.35 bits per heavy atom. The Morgan fingerprint density at radius 2 is 1.77 bits per heavy atom. The zero-order valence-electron chi connectivity index (χ0n) is 15.1. The summed E-state index contributed by atoms with van der Waals surface area (Å²) in [6.07, 6.45) is 0.697. The third-order valence-electron chi connectivity index (χ3n) is 4.09. The van der Waals surface area contributed by atoms with E-state index in [-0.39, 0.29) is 16.8 Å². The van der Waals surface area contributed by atoms with Crippen LogP contribution in [-0.4, -0.2) is 32.3 Å². The molecule has 1 atom stereocenters. The van der Waals surface area contributed by atoms with Crippen molar-refractivity contribution in [3.63, 3.8) is 0 Å². The number of hydrogen-bond acceptors (Lipinski definition) is 3. The summed E-state index contributed by atoms with van der Waals surface area (Å²) >= 11 is 6.13. The van der Waals surface area contributed by atoms with Crippen molar-refractivity contribution < 1.29 is 13.2 Å². The molecule has 0 aromatic heterocycles. The second-order valence-corrected chi connectivity index (χ2v) is 8.33. The Labute approximate surface area is 160 Å². The maximum Gasteiger partial charge on any atom is 0.253 e. The molecular formula is C19H23ClN2O3S. The lowest BCUT2D eigenvalue weighted by atomic mass is 10.1. The van der Waals surface area contributed by atoms with Crippen molar-refractivity contribution in [3.05, 3.63) is 64.7 Å². The first kappa shape index (κ1) is 20.4. The minimum absolute atomic E-state index is 0.142. The average Bonchev–Trinajstić information content (AvgIpc) is 2.62. The molecule has 0 aliphatic rings. The molecule has 7 heteroatoms. The number of amides is 1. The van der Waals surface area contributed by atoms with Gasteiger partial charge in [0.05, 0.1) is 4.90 Å². The van der Waals surface area contributed by atoms with Gasteiger partial charge in [-0.1, -0.05) is 36.7 Å². The molecule has 0 bridgehead atoms. The van der Waals surface area contributed by atoms with Gasteiger partial charge in [-0.15, -0.1) is 0 Å². The maximum atomic E-state index is 12.6. The lowest BCUT2D eigenvalue weighted by Gasteiger charge is -2.18. The number of benzene rings is 2. The number of hydrogen-bond donors (Lipinski definition) is 1. The lowest BCUT2D eigenvalue weighted by Crippen LogP contribution is -2.32. The Bertz CT molecular complexity index is 867. The van der Waals surface area contributed by atoms with Gasteiger partial charge in [0.15, 0.2) is 0 Å². The molecule has 0 heterocycles. The Balaban J connectivity index is 2.12. The van der Waals surface area contributed by atoms with Crippen molar-refractivity contribution in [2.75, 3.05) is 7.05 Å². The Kier molecular flexibility index (Phi) is 6.81. The number of sulfonamides is 1. The normalized spacial score (nSPS) is 12.6. The summed E-state index contributed by atoms with van der Waals surface area (Å²) in [6.45, 7) is 4.08. The van der Waals surface area contributed by atoms with E-state index in [0.29, 0.717) is 23.6 Å². The van der Waals surface area contributed by atoms with Gasteiger partial charge in [-0.2, -0.15) is 0 Å². The van der Waals surface area contributed by atoms with Gasteiger partial charge in [-0.05, 0) is 49.2 Å².